The van der Waals surface area contributed by atoms with Gasteiger partial charge in [-0.2, -0.15) is 5.10 Å². The molecule has 178 valence electrons. The predicted octanol–water partition coefficient (Wildman–Crippen LogP) is 3.08. The molecule has 4 aromatic rings. The molecule has 0 saturated heterocycles. The number of aromatic amines is 1. The van der Waals surface area contributed by atoms with Crippen LogP contribution in [0.25, 0.3) is 10.9 Å². The average Bonchev–Trinajstić information content (AvgIpc) is 3.19. The number of nitrogens with one attached hydrogen (secondary N) is 3. The van der Waals surface area contributed by atoms with E-state index in [0.29, 0.717) is 24.5 Å². The molecular weight excluding hydrogens is 456 g/mol. The van der Waals surface area contributed by atoms with E-state index in [0.717, 1.165) is 16.6 Å². The highest BCUT2D eigenvalue weighted by Crippen LogP contribution is 2.25. The number of ether oxygens (including phenoxy) is 1. The van der Waals surface area contributed by atoms with Crippen molar-refractivity contribution >= 4 is 26.6 Å². The summed E-state index contributed by atoms with van der Waals surface area (Å²) in [5.41, 5.74) is 2.68. The molecule has 0 radical (unpaired) electrons. The number of anilines is 1. The van der Waals surface area contributed by atoms with E-state index >= 15 is 0 Å². The Hall–Kier alpha value is -3.60. The third-order valence-corrected chi connectivity index (χ3v) is 6.71. The number of rotatable bonds is 10. The molecule has 4 rings (SSSR count). The van der Waals surface area contributed by atoms with Crippen LogP contribution in [0.5, 0.6) is 11.5 Å². The maximum Gasteiger partial charge on any atom is 0.265 e. The number of aromatic nitrogens is 2. The van der Waals surface area contributed by atoms with Crippen molar-refractivity contribution in [3.63, 3.8) is 0 Å². The standard InChI is InChI=1S/C24H26N4O5S/c1-16-20-10-9-19(14-21(20)27-26-16)33-12-11-25-15-23(30)17-5-4-6-18(13-17)28-34(31,32)24-8-3-2-7-22(24)29/h2-10,13-14,23,25,28-30H,11-12,15H2,1H3,(H,26,27)/t23-/m0/s1. The first-order chi connectivity index (χ1) is 16.3. The van der Waals surface area contributed by atoms with Gasteiger partial charge in [0, 0.05) is 35.9 Å². The van der Waals surface area contributed by atoms with Gasteiger partial charge in [0.15, 0.2) is 0 Å². The number of aryl methyl sites for hydroxylation is 1. The molecule has 3 aromatic carbocycles. The van der Waals surface area contributed by atoms with E-state index < -0.39 is 16.1 Å². The first-order valence-electron chi connectivity index (χ1n) is 10.7. The number of aromatic hydroxyl groups is 1. The van der Waals surface area contributed by atoms with Crippen LogP contribution in [-0.2, 0) is 10.0 Å². The minimum atomic E-state index is -3.97. The van der Waals surface area contributed by atoms with Crippen LogP contribution >= 0.6 is 0 Å². The van der Waals surface area contributed by atoms with Crippen LogP contribution in [-0.4, -0.2) is 48.5 Å². The fourth-order valence-electron chi connectivity index (χ4n) is 3.52. The molecule has 0 aliphatic rings. The SMILES string of the molecule is Cc1[nH]nc2cc(OCCNC[C@H](O)c3cccc(NS(=O)(=O)c4ccccc4O)c3)ccc12. The van der Waals surface area contributed by atoms with Gasteiger partial charge in [-0.3, -0.25) is 9.82 Å². The van der Waals surface area contributed by atoms with Crippen LogP contribution in [0.2, 0.25) is 0 Å². The van der Waals surface area contributed by atoms with Crippen molar-refractivity contribution in [1.29, 1.82) is 0 Å². The van der Waals surface area contributed by atoms with E-state index in [4.69, 9.17) is 4.74 Å². The van der Waals surface area contributed by atoms with Crippen LogP contribution in [0.4, 0.5) is 5.69 Å². The Morgan fingerprint density at radius 1 is 1.09 bits per heavy atom. The summed E-state index contributed by atoms with van der Waals surface area (Å²) in [5, 5.41) is 31.7. The lowest BCUT2D eigenvalue weighted by Gasteiger charge is -2.15. The number of phenolic OH excluding ortho intramolecular Hbond substituents is 1. The maximum atomic E-state index is 12.6. The van der Waals surface area contributed by atoms with Gasteiger partial charge in [-0.15, -0.1) is 0 Å². The molecule has 5 N–H and O–H groups in total. The van der Waals surface area contributed by atoms with Crippen LogP contribution in [0.3, 0.4) is 0 Å². The number of aliphatic hydroxyl groups is 1. The third-order valence-electron chi connectivity index (χ3n) is 5.28. The third kappa shape index (κ3) is 5.48. The second kappa shape index (κ2) is 10.1. The van der Waals surface area contributed by atoms with Crippen molar-refractivity contribution < 1.29 is 23.4 Å². The molecule has 1 heterocycles. The molecule has 0 saturated carbocycles. The van der Waals surface area contributed by atoms with E-state index in [9.17, 15) is 18.6 Å². The molecule has 0 aliphatic heterocycles. The predicted molar refractivity (Wildman–Crippen MR) is 130 cm³/mol. The molecule has 0 aliphatic carbocycles. The van der Waals surface area contributed by atoms with Crippen molar-refractivity contribution in [1.82, 2.24) is 15.5 Å². The second-order valence-electron chi connectivity index (χ2n) is 7.79. The maximum absolute atomic E-state index is 12.6. The molecule has 0 bridgehead atoms. The van der Waals surface area contributed by atoms with Crippen LogP contribution in [0, 0.1) is 6.92 Å². The molecule has 1 aromatic heterocycles. The summed E-state index contributed by atoms with van der Waals surface area (Å²) in [5.74, 6) is 0.378. The van der Waals surface area contributed by atoms with Crippen molar-refractivity contribution in [2.75, 3.05) is 24.4 Å². The molecule has 1 atom stereocenters. The monoisotopic (exact) mass is 482 g/mol. The van der Waals surface area contributed by atoms with Gasteiger partial charge in [0.05, 0.1) is 11.6 Å². The zero-order chi connectivity index (χ0) is 24.1. The average molecular weight is 483 g/mol. The van der Waals surface area contributed by atoms with Gasteiger partial charge in [0.1, 0.15) is 23.0 Å². The lowest BCUT2D eigenvalue weighted by Crippen LogP contribution is -2.26. The van der Waals surface area contributed by atoms with E-state index in [1.54, 1.807) is 30.3 Å². The highest BCUT2D eigenvalue weighted by molar-refractivity contribution is 7.92. The van der Waals surface area contributed by atoms with E-state index in [1.807, 2.05) is 25.1 Å². The smallest absolute Gasteiger partial charge is 0.265 e. The van der Waals surface area contributed by atoms with Gasteiger partial charge in [0.2, 0.25) is 0 Å². The lowest BCUT2D eigenvalue weighted by molar-refractivity contribution is 0.172. The molecule has 0 spiro atoms. The van der Waals surface area contributed by atoms with Crippen LogP contribution in [0.1, 0.15) is 17.4 Å². The number of H-pyrrole nitrogens is 1. The highest BCUT2D eigenvalue weighted by Gasteiger charge is 2.18. The zero-order valence-electron chi connectivity index (χ0n) is 18.5. The minimum absolute atomic E-state index is 0.218. The Kier molecular flexibility index (Phi) is 7.01. The highest BCUT2D eigenvalue weighted by atomic mass is 32.2. The molecule has 0 unspecified atom stereocenters. The molecule has 34 heavy (non-hydrogen) atoms. The number of sulfonamides is 1. The summed E-state index contributed by atoms with van der Waals surface area (Å²) in [6.07, 6.45) is -0.849. The zero-order valence-corrected chi connectivity index (χ0v) is 19.3. The number of aliphatic hydroxyl groups excluding tert-OH is 1. The van der Waals surface area contributed by atoms with E-state index in [2.05, 4.69) is 20.2 Å². The topological polar surface area (TPSA) is 137 Å². The number of fused-ring (bicyclic) bond motifs is 1. The molecular formula is C24H26N4O5S. The number of hydrogen-bond donors (Lipinski definition) is 5. The summed E-state index contributed by atoms with van der Waals surface area (Å²) >= 11 is 0. The van der Waals surface area contributed by atoms with Crippen molar-refractivity contribution in [3.8, 4) is 11.5 Å². The van der Waals surface area contributed by atoms with Gasteiger partial charge in [-0.05, 0) is 48.9 Å². The van der Waals surface area contributed by atoms with Crippen LogP contribution in [0.15, 0.2) is 71.6 Å². The van der Waals surface area contributed by atoms with Gasteiger partial charge < -0.3 is 20.3 Å². The number of hydrogen-bond acceptors (Lipinski definition) is 7. The van der Waals surface area contributed by atoms with Gasteiger partial charge >= 0.3 is 0 Å². The number of nitrogens with zero attached hydrogens (tertiary/aromatic N) is 1. The minimum Gasteiger partial charge on any atom is -0.507 e. The summed E-state index contributed by atoms with van der Waals surface area (Å²) in [6, 6.07) is 17.9. The Morgan fingerprint density at radius 2 is 1.91 bits per heavy atom. The number of para-hydroxylation sites is 1. The largest absolute Gasteiger partial charge is 0.507 e. The first kappa shape index (κ1) is 23.6. The van der Waals surface area contributed by atoms with Crippen molar-refractivity contribution in [3.05, 3.63) is 78.0 Å². The molecule has 0 amide bonds. The second-order valence-corrected chi connectivity index (χ2v) is 9.45. The Labute approximate surface area is 197 Å². The molecule has 10 heteroatoms. The molecule has 0 fully saturated rings. The fraction of sp³-hybridized carbons (Fsp3) is 0.208. The van der Waals surface area contributed by atoms with Gasteiger partial charge in [-0.1, -0.05) is 24.3 Å². The Morgan fingerprint density at radius 3 is 2.74 bits per heavy atom. The Bertz CT molecular complexity index is 1390. The normalized spacial score (nSPS) is 12.5. The summed E-state index contributed by atoms with van der Waals surface area (Å²) in [6.45, 7) is 3.14. The van der Waals surface area contributed by atoms with E-state index in [-0.39, 0.29) is 22.9 Å². The van der Waals surface area contributed by atoms with Crippen LogP contribution < -0.4 is 14.8 Å². The van der Waals surface area contributed by atoms with Gasteiger partial charge in [-0.25, -0.2) is 8.42 Å². The quantitative estimate of drug-likeness (QED) is 0.219. The fourth-order valence-corrected chi connectivity index (χ4v) is 4.67. The summed E-state index contributed by atoms with van der Waals surface area (Å²) in [4.78, 5) is -0.218. The van der Waals surface area contributed by atoms with Crippen molar-refractivity contribution in [2.24, 2.45) is 0 Å². The van der Waals surface area contributed by atoms with E-state index in [1.165, 1.54) is 18.2 Å². The lowest BCUT2D eigenvalue weighted by atomic mass is 10.1. The molecule has 9 nitrogen and oxygen atoms in total. The first-order valence-corrected chi connectivity index (χ1v) is 12.2. The number of benzene rings is 3. The number of phenols is 1. The Balaban J connectivity index is 1.28. The summed E-state index contributed by atoms with van der Waals surface area (Å²) < 4.78 is 33.3. The van der Waals surface area contributed by atoms with Gasteiger partial charge in [0.25, 0.3) is 10.0 Å². The van der Waals surface area contributed by atoms with Crippen molar-refractivity contribution in [2.45, 2.75) is 17.9 Å². The summed E-state index contributed by atoms with van der Waals surface area (Å²) in [7, 11) is -3.97.